The molecule has 0 saturated carbocycles. The van der Waals surface area contributed by atoms with Crippen molar-refractivity contribution >= 4 is 23.2 Å². The Labute approximate surface area is 185 Å². The van der Waals surface area contributed by atoms with Crippen LogP contribution in [0.2, 0.25) is 0 Å². The van der Waals surface area contributed by atoms with Crippen molar-refractivity contribution in [3.63, 3.8) is 0 Å². The number of carbonyl (C=O) groups excluding carboxylic acids is 2. The van der Waals surface area contributed by atoms with Gasteiger partial charge in [0.05, 0.1) is 29.6 Å². The number of piperazine rings is 1. The fourth-order valence-corrected chi connectivity index (χ4v) is 3.90. The zero-order chi connectivity index (χ0) is 22.1. The van der Waals surface area contributed by atoms with Crippen LogP contribution in [0, 0.1) is 11.3 Å². The summed E-state index contributed by atoms with van der Waals surface area (Å²) in [5, 5.41) is 21.8. The van der Waals surface area contributed by atoms with Crippen LogP contribution in [0.15, 0.2) is 72.0 Å². The summed E-state index contributed by atoms with van der Waals surface area (Å²) in [5.41, 5.74) is 4.70. The van der Waals surface area contributed by atoms with Crippen LogP contribution in [-0.2, 0) is 4.79 Å². The number of carbonyl (C=O) groups is 2. The lowest BCUT2D eigenvalue weighted by Gasteiger charge is -2.27. The Kier molecular flexibility index (Phi) is 4.92. The minimum absolute atomic E-state index is 0.0736. The van der Waals surface area contributed by atoms with Crippen molar-refractivity contribution in [3.05, 3.63) is 89.1 Å². The molecular weight excluding hydrogens is 404 g/mol. The molecule has 0 radical (unpaired) electrons. The van der Waals surface area contributed by atoms with Gasteiger partial charge in [0.15, 0.2) is 0 Å². The van der Waals surface area contributed by atoms with E-state index in [9.17, 15) is 9.59 Å². The van der Waals surface area contributed by atoms with E-state index in [1.807, 2.05) is 47.6 Å². The van der Waals surface area contributed by atoms with Crippen molar-refractivity contribution < 1.29 is 9.59 Å². The van der Waals surface area contributed by atoms with Crippen LogP contribution in [-0.4, -0.2) is 53.2 Å². The molecule has 1 saturated heterocycles. The quantitative estimate of drug-likeness (QED) is 0.780. The number of nitrogens with zero attached hydrogens (tertiary/aromatic N) is 4. The molecule has 3 aliphatic rings. The predicted octanol–water partition coefficient (Wildman–Crippen LogP) is 1.63. The lowest BCUT2D eigenvalue weighted by Crippen LogP contribution is -2.49. The molecule has 1 unspecified atom stereocenters. The zero-order valence-electron chi connectivity index (χ0n) is 17.2. The van der Waals surface area contributed by atoms with E-state index in [1.54, 1.807) is 29.2 Å². The first-order valence-electron chi connectivity index (χ1n) is 10.3. The highest BCUT2D eigenvalue weighted by Gasteiger charge is 2.28. The van der Waals surface area contributed by atoms with E-state index in [1.165, 1.54) is 0 Å². The largest absolute Gasteiger partial charge is 0.365 e. The molecule has 2 amide bonds. The van der Waals surface area contributed by atoms with Crippen molar-refractivity contribution in [2.75, 3.05) is 19.6 Å². The van der Waals surface area contributed by atoms with E-state index in [0.29, 0.717) is 24.2 Å². The van der Waals surface area contributed by atoms with Crippen LogP contribution in [0.25, 0.3) is 5.70 Å². The summed E-state index contributed by atoms with van der Waals surface area (Å²) < 4.78 is 0. The molecule has 1 atom stereocenters. The van der Waals surface area contributed by atoms with Crippen LogP contribution in [0.1, 0.15) is 27.0 Å². The highest BCUT2D eigenvalue weighted by Crippen LogP contribution is 2.29. The Morgan fingerprint density at radius 1 is 1.09 bits per heavy atom. The molecule has 8 heteroatoms. The monoisotopic (exact) mass is 424 g/mol. The first kappa shape index (κ1) is 19.6. The molecule has 2 aromatic rings. The van der Waals surface area contributed by atoms with Gasteiger partial charge in [0.2, 0.25) is 5.91 Å². The minimum atomic E-state index is -0.151. The summed E-state index contributed by atoms with van der Waals surface area (Å²) in [6, 6.07) is 16.8. The van der Waals surface area contributed by atoms with Gasteiger partial charge in [-0.3, -0.25) is 9.59 Å². The third-order valence-corrected chi connectivity index (χ3v) is 5.62. The van der Waals surface area contributed by atoms with Gasteiger partial charge >= 0.3 is 0 Å². The van der Waals surface area contributed by atoms with Crippen LogP contribution in [0.3, 0.4) is 0 Å². The number of hydrazone groups is 1. The van der Waals surface area contributed by atoms with E-state index in [0.717, 1.165) is 22.5 Å². The fourth-order valence-electron chi connectivity index (χ4n) is 3.90. The highest BCUT2D eigenvalue weighted by molar-refractivity contribution is 6.10. The molecule has 0 aromatic heterocycles. The number of allylic oxidation sites excluding steroid dienone is 1. The standard InChI is InChI=1S/C24H20N6O2/c25-13-16-1-3-18(4-2-16)21-14-27-22-10-9-20(28-30(21)22)17-5-7-19(8-6-17)24(32)29-12-11-26-23(31)15-29/h1-10,14,22,27H,11-12,15H2,(H,26,31). The number of nitrogens with one attached hydrogen (secondary N) is 2. The van der Waals surface area contributed by atoms with Crippen LogP contribution in [0.5, 0.6) is 0 Å². The van der Waals surface area contributed by atoms with Crippen molar-refractivity contribution in [3.8, 4) is 6.07 Å². The molecule has 3 aliphatic heterocycles. The Morgan fingerprint density at radius 2 is 1.84 bits per heavy atom. The van der Waals surface area contributed by atoms with Gasteiger partial charge in [-0.15, -0.1) is 0 Å². The maximum absolute atomic E-state index is 12.7. The minimum Gasteiger partial charge on any atom is -0.365 e. The Hall–Kier alpha value is -4.38. The molecule has 2 aromatic carbocycles. The molecule has 32 heavy (non-hydrogen) atoms. The number of hydrogen-bond donors (Lipinski definition) is 2. The first-order chi connectivity index (χ1) is 15.6. The third kappa shape index (κ3) is 3.61. The molecule has 2 N–H and O–H groups in total. The predicted molar refractivity (Wildman–Crippen MR) is 119 cm³/mol. The SMILES string of the molecule is N#Cc1ccc(C2=CNC3C=CC(c4ccc(C(=O)N5CCNC(=O)C5)cc4)=NN23)cc1. The average Bonchev–Trinajstić information content (AvgIpc) is 3.27. The summed E-state index contributed by atoms with van der Waals surface area (Å²) >= 11 is 0. The number of fused-ring (bicyclic) bond motifs is 1. The molecule has 158 valence electrons. The third-order valence-electron chi connectivity index (χ3n) is 5.62. The van der Waals surface area contributed by atoms with E-state index in [2.05, 4.69) is 16.7 Å². The van der Waals surface area contributed by atoms with Gasteiger partial charge in [0.25, 0.3) is 5.91 Å². The molecule has 8 nitrogen and oxygen atoms in total. The normalized spacial score (nSPS) is 19.3. The topological polar surface area (TPSA) is 101 Å². The van der Waals surface area contributed by atoms with Crippen molar-refractivity contribution in [1.29, 1.82) is 5.26 Å². The van der Waals surface area contributed by atoms with Crippen LogP contribution < -0.4 is 10.6 Å². The van der Waals surface area contributed by atoms with Gasteiger partial charge in [-0.25, -0.2) is 5.01 Å². The summed E-state index contributed by atoms with van der Waals surface area (Å²) in [5.74, 6) is -0.287. The van der Waals surface area contributed by atoms with E-state index < -0.39 is 0 Å². The molecular formula is C24H20N6O2. The van der Waals surface area contributed by atoms with E-state index in [4.69, 9.17) is 10.4 Å². The molecule has 0 bridgehead atoms. The second-order valence-electron chi connectivity index (χ2n) is 7.67. The van der Waals surface area contributed by atoms with E-state index in [-0.39, 0.29) is 24.5 Å². The van der Waals surface area contributed by atoms with Crippen molar-refractivity contribution in [1.82, 2.24) is 20.5 Å². The Morgan fingerprint density at radius 3 is 2.56 bits per heavy atom. The van der Waals surface area contributed by atoms with Gasteiger partial charge in [-0.05, 0) is 36.4 Å². The second-order valence-corrected chi connectivity index (χ2v) is 7.67. The number of benzene rings is 2. The van der Waals surface area contributed by atoms with Gasteiger partial charge in [-0.1, -0.05) is 24.3 Å². The highest BCUT2D eigenvalue weighted by atomic mass is 16.2. The maximum Gasteiger partial charge on any atom is 0.254 e. The van der Waals surface area contributed by atoms with Gasteiger partial charge in [0, 0.05) is 36.0 Å². The summed E-state index contributed by atoms with van der Waals surface area (Å²) in [4.78, 5) is 25.8. The molecule has 3 heterocycles. The lowest BCUT2D eigenvalue weighted by atomic mass is 10.0. The summed E-state index contributed by atoms with van der Waals surface area (Å²) in [6.07, 6.45) is 5.82. The maximum atomic E-state index is 12.7. The Bertz CT molecular complexity index is 1200. The van der Waals surface area contributed by atoms with Gasteiger partial charge in [-0.2, -0.15) is 10.4 Å². The van der Waals surface area contributed by atoms with Crippen LogP contribution in [0.4, 0.5) is 0 Å². The summed E-state index contributed by atoms with van der Waals surface area (Å²) in [6.45, 7) is 1.07. The number of hydrogen-bond acceptors (Lipinski definition) is 6. The van der Waals surface area contributed by atoms with Gasteiger partial charge < -0.3 is 15.5 Å². The van der Waals surface area contributed by atoms with Crippen molar-refractivity contribution in [2.45, 2.75) is 6.17 Å². The zero-order valence-corrected chi connectivity index (χ0v) is 17.2. The van der Waals surface area contributed by atoms with Gasteiger partial charge in [0.1, 0.15) is 6.17 Å². The number of nitriles is 1. The molecule has 0 spiro atoms. The Balaban J connectivity index is 1.35. The van der Waals surface area contributed by atoms with Crippen LogP contribution >= 0.6 is 0 Å². The average molecular weight is 424 g/mol. The molecule has 5 rings (SSSR count). The van der Waals surface area contributed by atoms with E-state index >= 15 is 0 Å². The molecule has 0 aliphatic carbocycles. The first-order valence-corrected chi connectivity index (χ1v) is 10.3. The fraction of sp³-hybridized carbons (Fsp3) is 0.167. The lowest BCUT2D eigenvalue weighted by molar-refractivity contribution is -0.123. The number of amides is 2. The summed E-state index contributed by atoms with van der Waals surface area (Å²) in [7, 11) is 0. The molecule has 1 fully saturated rings. The van der Waals surface area contributed by atoms with Crippen molar-refractivity contribution in [2.24, 2.45) is 5.10 Å². The smallest absolute Gasteiger partial charge is 0.254 e. The second kappa shape index (κ2) is 8.04. The number of rotatable bonds is 3.